The number of thiophene rings is 1. The van der Waals surface area contributed by atoms with Crippen LogP contribution in [0.15, 0.2) is 42.5 Å². The number of carboxylic acid groups (broad SMARTS) is 1. The van der Waals surface area contributed by atoms with Gasteiger partial charge in [0.2, 0.25) is 5.91 Å². The van der Waals surface area contributed by atoms with Gasteiger partial charge in [-0.1, -0.05) is 41.9 Å². The SMILES string of the molecule is CN(C(=O)Cc1ccc(Cl)s1)C(Cc1ccccc1)C(=O)O. The number of hydrogen-bond donors (Lipinski definition) is 1. The summed E-state index contributed by atoms with van der Waals surface area (Å²) in [5.41, 5.74) is 0.883. The first kappa shape index (κ1) is 16.5. The number of carboxylic acids is 1. The first-order valence-corrected chi connectivity index (χ1v) is 7.93. The highest BCUT2D eigenvalue weighted by Crippen LogP contribution is 2.22. The number of amides is 1. The third-order valence-electron chi connectivity index (χ3n) is 3.37. The normalized spacial score (nSPS) is 11.9. The van der Waals surface area contributed by atoms with Crippen molar-refractivity contribution in [2.24, 2.45) is 0 Å². The van der Waals surface area contributed by atoms with Gasteiger partial charge < -0.3 is 10.0 Å². The van der Waals surface area contributed by atoms with E-state index in [2.05, 4.69) is 0 Å². The van der Waals surface area contributed by atoms with Crippen molar-refractivity contribution in [3.8, 4) is 0 Å². The average molecular weight is 338 g/mol. The minimum Gasteiger partial charge on any atom is -0.480 e. The first-order valence-electron chi connectivity index (χ1n) is 6.74. The van der Waals surface area contributed by atoms with Gasteiger partial charge in [-0.15, -0.1) is 11.3 Å². The number of rotatable bonds is 6. The van der Waals surface area contributed by atoms with E-state index in [1.165, 1.54) is 23.3 Å². The molecule has 1 N–H and O–H groups in total. The molecule has 116 valence electrons. The van der Waals surface area contributed by atoms with Crippen LogP contribution in [-0.2, 0) is 22.4 Å². The maximum absolute atomic E-state index is 12.3. The highest BCUT2D eigenvalue weighted by Gasteiger charge is 2.26. The Bertz CT molecular complexity index is 656. The fourth-order valence-electron chi connectivity index (χ4n) is 2.12. The van der Waals surface area contributed by atoms with Gasteiger partial charge in [0, 0.05) is 18.3 Å². The standard InChI is InChI=1S/C16H16ClNO3S/c1-18(15(19)10-12-7-8-14(17)22-12)13(16(20)21)9-11-5-3-2-4-6-11/h2-8,13H,9-10H2,1H3,(H,20,21). The summed E-state index contributed by atoms with van der Waals surface area (Å²) >= 11 is 7.17. The number of carbonyl (C=O) groups is 2. The van der Waals surface area contributed by atoms with Crippen LogP contribution in [0.3, 0.4) is 0 Å². The zero-order chi connectivity index (χ0) is 16.1. The molecule has 0 aliphatic rings. The van der Waals surface area contributed by atoms with Crippen LogP contribution in [0.4, 0.5) is 0 Å². The lowest BCUT2D eigenvalue weighted by molar-refractivity contribution is -0.148. The van der Waals surface area contributed by atoms with Gasteiger partial charge in [-0.3, -0.25) is 4.79 Å². The van der Waals surface area contributed by atoms with Gasteiger partial charge >= 0.3 is 5.97 Å². The van der Waals surface area contributed by atoms with Crippen molar-refractivity contribution in [1.29, 1.82) is 0 Å². The number of nitrogens with zero attached hydrogens (tertiary/aromatic N) is 1. The zero-order valence-electron chi connectivity index (χ0n) is 12.0. The van der Waals surface area contributed by atoms with Crippen LogP contribution in [0.5, 0.6) is 0 Å². The molecule has 1 aromatic heterocycles. The number of halogens is 1. The molecule has 0 saturated carbocycles. The van der Waals surface area contributed by atoms with Crippen molar-refractivity contribution in [2.45, 2.75) is 18.9 Å². The summed E-state index contributed by atoms with van der Waals surface area (Å²) in [6.07, 6.45) is 0.441. The van der Waals surface area contributed by atoms with E-state index in [9.17, 15) is 14.7 Å². The number of aliphatic carboxylic acids is 1. The number of likely N-dealkylation sites (N-methyl/N-ethyl adjacent to an activating group) is 1. The van der Waals surface area contributed by atoms with E-state index >= 15 is 0 Å². The third kappa shape index (κ3) is 4.32. The molecule has 0 saturated heterocycles. The summed E-state index contributed by atoms with van der Waals surface area (Å²) in [6, 6.07) is 11.9. The van der Waals surface area contributed by atoms with E-state index in [0.717, 1.165) is 10.4 Å². The molecule has 1 amide bonds. The number of carbonyl (C=O) groups excluding carboxylic acids is 1. The Morgan fingerprint density at radius 1 is 1.23 bits per heavy atom. The minimum atomic E-state index is -1.01. The van der Waals surface area contributed by atoms with Gasteiger partial charge in [0.05, 0.1) is 10.8 Å². The van der Waals surface area contributed by atoms with Crippen LogP contribution in [0.2, 0.25) is 4.34 Å². The molecular formula is C16H16ClNO3S. The maximum Gasteiger partial charge on any atom is 0.326 e. The van der Waals surface area contributed by atoms with Gasteiger partial charge in [0.25, 0.3) is 0 Å². The molecule has 0 fully saturated rings. The molecule has 2 rings (SSSR count). The van der Waals surface area contributed by atoms with Crippen LogP contribution >= 0.6 is 22.9 Å². The largest absolute Gasteiger partial charge is 0.480 e. The topological polar surface area (TPSA) is 57.6 Å². The molecule has 2 aromatic rings. The maximum atomic E-state index is 12.3. The fraction of sp³-hybridized carbons (Fsp3) is 0.250. The van der Waals surface area contributed by atoms with E-state index in [4.69, 9.17) is 11.6 Å². The van der Waals surface area contributed by atoms with Crippen LogP contribution in [0.1, 0.15) is 10.4 Å². The number of hydrogen-bond acceptors (Lipinski definition) is 3. The summed E-state index contributed by atoms with van der Waals surface area (Å²) in [4.78, 5) is 25.9. The van der Waals surface area contributed by atoms with Crippen molar-refractivity contribution in [3.63, 3.8) is 0 Å². The molecule has 1 unspecified atom stereocenters. The second-order valence-corrected chi connectivity index (χ2v) is 6.73. The van der Waals surface area contributed by atoms with Crippen LogP contribution in [-0.4, -0.2) is 35.0 Å². The lowest BCUT2D eigenvalue weighted by Crippen LogP contribution is -2.44. The van der Waals surface area contributed by atoms with Crippen molar-refractivity contribution < 1.29 is 14.7 Å². The summed E-state index contributed by atoms with van der Waals surface area (Å²) in [5, 5.41) is 9.41. The quantitative estimate of drug-likeness (QED) is 0.881. The molecule has 0 spiro atoms. The van der Waals surface area contributed by atoms with E-state index in [1.54, 1.807) is 12.1 Å². The van der Waals surface area contributed by atoms with Gasteiger partial charge in [-0.2, -0.15) is 0 Å². The van der Waals surface area contributed by atoms with Crippen molar-refractivity contribution in [3.05, 3.63) is 57.2 Å². The summed E-state index contributed by atoms with van der Waals surface area (Å²) in [7, 11) is 1.53. The Morgan fingerprint density at radius 2 is 1.91 bits per heavy atom. The van der Waals surface area contributed by atoms with E-state index in [1.807, 2.05) is 30.3 Å². The van der Waals surface area contributed by atoms with Crippen molar-refractivity contribution in [1.82, 2.24) is 4.90 Å². The van der Waals surface area contributed by atoms with Crippen LogP contribution in [0, 0.1) is 0 Å². The second kappa shape index (κ2) is 7.42. The van der Waals surface area contributed by atoms with Crippen molar-refractivity contribution in [2.75, 3.05) is 7.05 Å². The Kier molecular flexibility index (Phi) is 5.57. The smallest absolute Gasteiger partial charge is 0.326 e. The van der Waals surface area contributed by atoms with Crippen LogP contribution in [0.25, 0.3) is 0 Å². The molecule has 0 aliphatic carbocycles. The summed E-state index contributed by atoms with van der Waals surface area (Å²) in [6.45, 7) is 0. The molecule has 22 heavy (non-hydrogen) atoms. The Balaban J connectivity index is 2.07. The van der Waals surface area contributed by atoms with Gasteiger partial charge in [-0.05, 0) is 17.7 Å². The lowest BCUT2D eigenvalue weighted by Gasteiger charge is -2.25. The summed E-state index contributed by atoms with van der Waals surface area (Å²) < 4.78 is 0.615. The average Bonchev–Trinajstić information content (AvgIpc) is 2.90. The monoisotopic (exact) mass is 337 g/mol. The van der Waals surface area contributed by atoms with Crippen LogP contribution < -0.4 is 0 Å². The molecular weight excluding hydrogens is 322 g/mol. The predicted octanol–water partition coefficient (Wildman–Crippen LogP) is 3.10. The van der Waals surface area contributed by atoms with E-state index in [0.29, 0.717) is 4.34 Å². The Hall–Kier alpha value is -1.85. The predicted molar refractivity (Wildman–Crippen MR) is 87.4 cm³/mol. The molecule has 6 heteroatoms. The first-order chi connectivity index (χ1) is 10.5. The van der Waals surface area contributed by atoms with Crippen molar-refractivity contribution >= 4 is 34.8 Å². The highest BCUT2D eigenvalue weighted by molar-refractivity contribution is 7.16. The Morgan fingerprint density at radius 3 is 2.45 bits per heavy atom. The molecule has 0 radical (unpaired) electrons. The fourth-order valence-corrected chi connectivity index (χ4v) is 3.20. The molecule has 1 aromatic carbocycles. The number of benzene rings is 1. The third-order valence-corrected chi connectivity index (χ3v) is 4.60. The van der Waals surface area contributed by atoms with Gasteiger partial charge in [-0.25, -0.2) is 4.79 Å². The summed E-state index contributed by atoms with van der Waals surface area (Å²) in [5.74, 6) is -1.24. The van der Waals surface area contributed by atoms with E-state index < -0.39 is 12.0 Å². The minimum absolute atomic E-state index is 0.159. The Labute approximate surface area is 137 Å². The zero-order valence-corrected chi connectivity index (χ0v) is 13.6. The van der Waals surface area contributed by atoms with Gasteiger partial charge in [0.15, 0.2) is 0 Å². The molecule has 1 heterocycles. The molecule has 4 nitrogen and oxygen atoms in total. The van der Waals surface area contributed by atoms with E-state index in [-0.39, 0.29) is 18.7 Å². The molecule has 1 atom stereocenters. The highest BCUT2D eigenvalue weighted by atomic mass is 35.5. The second-order valence-electron chi connectivity index (χ2n) is 4.93. The molecule has 0 bridgehead atoms. The van der Waals surface area contributed by atoms with Gasteiger partial charge in [0.1, 0.15) is 6.04 Å². The lowest BCUT2D eigenvalue weighted by atomic mass is 10.0. The molecule has 0 aliphatic heterocycles.